The van der Waals surface area contributed by atoms with Gasteiger partial charge < -0.3 is 30.6 Å². The SMILES string of the molecule is O=C(O)c1c(O)c(O)c(O)c(CO)c1C(=O)O. The van der Waals surface area contributed by atoms with Crippen molar-refractivity contribution in [2.24, 2.45) is 0 Å². The first-order valence-corrected chi connectivity index (χ1v) is 4.20. The summed E-state index contributed by atoms with van der Waals surface area (Å²) in [6.07, 6.45) is 0. The molecule has 0 radical (unpaired) electrons. The van der Waals surface area contributed by atoms with Gasteiger partial charge in [-0.3, -0.25) is 0 Å². The summed E-state index contributed by atoms with van der Waals surface area (Å²) < 4.78 is 0. The molecule has 0 spiro atoms. The summed E-state index contributed by atoms with van der Waals surface area (Å²) >= 11 is 0. The molecule has 17 heavy (non-hydrogen) atoms. The Balaban J connectivity index is 3.86. The van der Waals surface area contributed by atoms with Crippen molar-refractivity contribution in [3.8, 4) is 17.2 Å². The van der Waals surface area contributed by atoms with Crippen LogP contribution >= 0.6 is 0 Å². The van der Waals surface area contributed by atoms with E-state index in [1.54, 1.807) is 0 Å². The highest BCUT2D eigenvalue weighted by molar-refractivity contribution is 6.06. The molecule has 1 rings (SSSR count). The smallest absolute Gasteiger partial charge is 0.340 e. The number of aromatic carboxylic acids is 2. The summed E-state index contributed by atoms with van der Waals surface area (Å²) in [7, 11) is 0. The lowest BCUT2D eigenvalue weighted by Gasteiger charge is -2.12. The molecule has 0 unspecified atom stereocenters. The molecular formula is C9H8O8. The molecule has 0 aromatic heterocycles. The first kappa shape index (κ1) is 12.6. The number of rotatable bonds is 3. The third kappa shape index (κ3) is 1.81. The molecule has 1 aromatic rings. The number of aliphatic hydroxyl groups excluding tert-OH is 1. The fourth-order valence-corrected chi connectivity index (χ4v) is 1.36. The molecule has 0 aliphatic rings. The Bertz CT molecular complexity index is 504. The van der Waals surface area contributed by atoms with Gasteiger partial charge in [0.2, 0.25) is 5.75 Å². The van der Waals surface area contributed by atoms with Crippen LogP contribution in [0, 0.1) is 0 Å². The van der Waals surface area contributed by atoms with Crippen molar-refractivity contribution in [1.29, 1.82) is 0 Å². The lowest BCUT2D eigenvalue weighted by atomic mass is 9.98. The highest BCUT2D eigenvalue weighted by atomic mass is 16.4. The fourth-order valence-electron chi connectivity index (χ4n) is 1.36. The molecule has 0 aliphatic carbocycles. The van der Waals surface area contributed by atoms with Crippen LogP contribution in [0.25, 0.3) is 0 Å². The summed E-state index contributed by atoms with van der Waals surface area (Å²) in [5.41, 5.74) is -2.77. The Hall–Kier alpha value is -2.48. The standard InChI is InChI=1S/C9H8O8/c10-1-2-3(8(14)15)4(9(16)17)6(12)7(13)5(2)11/h10-13H,1H2,(H,14,15)(H,16,17). The quantitative estimate of drug-likeness (QED) is 0.395. The van der Waals surface area contributed by atoms with E-state index in [2.05, 4.69) is 0 Å². The number of hydrogen-bond donors (Lipinski definition) is 6. The van der Waals surface area contributed by atoms with E-state index >= 15 is 0 Å². The summed E-state index contributed by atoms with van der Waals surface area (Å²) in [6.45, 7) is -1.01. The zero-order valence-electron chi connectivity index (χ0n) is 8.21. The molecule has 8 heteroatoms. The summed E-state index contributed by atoms with van der Waals surface area (Å²) in [4.78, 5) is 21.6. The van der Waals surface area contributed by atoms with Gasteiger partial charge in [-0.05, 0) is 0 Å². The maximum Gasteiger partial charge on any atom is 0.340 e. The first-order chi connectivity index (χ1) is 7.82. The average molecular weight is 244 g/mol. The minimum Gasteiger partial charge on any atom is -0.504 e. The Labute approximate surface area is 93.6 Å². The van der Waals surface area contributed by atoms with Crippen molar-refractivity contribution in [2.45, 2.75) is 6.61 Å². The molecule has 0 saturated heterocycles. The van der Waals surface area contributed by atoms with Crippen molar-refractivity contribution >= 4 is 11.9 Å². The number of benzene rings is 1. The average Bonchev–Trinajstić information content (AvgIpc) is 2.24. The van der Waals surface area contributed by atoms with Crippen LogP contribution in [0.3, 0.4) is 0 Å². The molecule has 0 amide bonds. The number of phenolic OH excluding ortho intramolecular Hbond substituents is 1. The fraction of sp³-hybridized carbons (Fsp3) is 0.111. The van der Waals surface area contributed by atoms with E-state index in [-0.39, 0.29) is 0 Å². The van der Waals surface area contributed by atoms with Gasteiger partial charge >= 0.3 is 11.9 Å². The third-order valence-corrected chi connectivity index (χ3v) is 2.11. The van der Waals surface area contributed by atoms with Crippen LogP contribution in [0.1, 0.15) is 26.3 Å². The van der Waals surface area contributed by atoms with Crippen molar-refractivity contribution < 1.29 is 40.2 Å². The Morgan fingerprint density at radius 2 is 1.29 bits per heavy atom. The minimum absolute atomic E-state index is 0.690. The number of aromatic hydroxyl groups is 3. The second-order valence-electron chi connectivity index (χ2n) is 3.04. The van der Waals surface area contributed by atoms with E-state index in [0.29, 0.717) is 0 Å². The predicted molar refractivity (Wildman–Crippen MR) is 51.3 cm³/mol. The van der Waals surface area contributed by atoms with Gasteiger partial charge in [0.25, 0.3) is 0 Å². The zero-order chi connectivity index (χ0) is 13.3. The molecule has 0 atom stereocenters. The van der Waals surface area contributed by atoms with E-state index in [9.17, 15) is 24.9 Å². The summed E-state index contributed by atoms with van der Waals surface area (Å²) in [5.74, 6) is -7.13. The summed E-state index contributed by atoms with van der Waals surface area (Å²) in [5, 5.41) is 54.1. The second-order valence-corrected chi connectivity index (χ2v) is 3.04. The Morgan fingerprint density at radius 1 is 0.824 bits per heavy atom. The maximum atomic E-state index is 10.8. The van der Waals surface area contributed by atoms with Crippen LogP contribution in [0.5, 0.6) is 17.2 Å². The zero-order valence-corrected chi connectivity index (χ0v) is 8.21. The molecule has 1 aromatic carbocycles. The molecule has 8 nitrogen and oxygen atoms in total. The van der Waals surface area contributed by atoms with Gasteiger partial charge in [0.15, 0.2) is 11.5 Å². The van der Waals surface area contributed by atoms with Gasteiger partial charge in [-0.25, -0.2) is 9.59 Å². The van der Waals surface area contributed by atoms with Crippen LogP contribution in [0.15, 0.2) is 0 Å². The highest BCUT2D eigenvalue weighted by Gasteiger charge is 2.30. The number of carboxylic acids is 2. The van der Waals surface area contributed by atoms with Gasteiger partial charge in [-0.1, -0.05) is 0 Å². The lowest BCUT2D eigenvalue weighted by Crippen LogP contribution is -2.12. The normalized spacial score (nSPS) is 10.2. The van der Waals surface area contributed by atoms with E-state index < -0.39 is 52.5 Å². The molecule has 6 N–H and O–H groups in total. The van der Waals surface area contributed by atoms with Crippen LogP contribution in [0.4, 0.5) is 0 Å². The molecule has 0 heterocycles. The van der Waals surface area contributed by atoms with Gasteiger partial charge in [0.05, 0.1) is 12.2 Å². The number of carbonyl (C=O) groups is 2. The molecule has 92 valence electrons. The van der Waals surface area contributed by atoms with E-state index in [4.69, 9.17) is 15.3 Å². The number of phenols is 3. The van der Waals surface area contributed by atoms with Crippen LogP contribution in [-0.4, -0.2) is 42.6 Å². The topological polar surface area (TPSA) is 156 Å². The monoisotopic (exact) mass is 244 g/mol. The largest absolute Gasteiger partial charge is 0.504 e. The van der Waals surface area contributed by atoms with Crippen molar-refractivity contribution in [1.82, 2.24) is 0 Å². The minimum atomic E-state index is -1.81. The van der Waals surface area contributed by atoms with Gasteiger partial charge in [0.1, 0.15) is 5.56 Å². The van der Waals surface area contributed by atoms with Gasteiger partial charge in [0, 0.05) is 5.56 Å². The van der Waals surface area contributed by atoms with Crippen LogP contribution in [-0.2, 0) is 6.61 Å². The van der Waals surface area contributed by atoms with Gasteiger partial charge in [-0.15, -0.1) is 0 Å². The number of carboxylic acid groups (broad SMARTS) is 2. The van der Waals surface area contributed by atoms with Crippen molar-refractivity contribution in [3.63, 3.8) is 0 Å². The maximum absolute atomic E-state index is 10.8. The molecule has 0 aliphatic heterocycles. The third-order valence-electron chi connectivity index (χ3n) is 2.11. The molecule has 0 saturated carbocycles. The first-order valence-electron chi connectivity index (χ1n) is 4.20. The van der Waals surface area contributed by atoms with Gasteiger partial charge in [-0.2, -0.15) is 0 Å². The van der Waals surface area contributed by atoms with E-state index in [1.807, 2.05) is 0 Å². The number of aliphatic hydroxyl groups is 1. The lowest BCUT2D eigenvalue weighted by molar-refractivity contribution is 0.0644. The van der Waals surface area contributed by atoms with Crippen LogP contribution < -0.4 is 0 Å². The Morgan fingerprint density at radius 3 is 1.65 bits per heavy atom. The molecule has 0 fully saturated rings. The number of hydrogen-bond acceptors (Lipinski definition) is 6. The van der Waals surface area contributed by atoms with Crippen molar-refractivity contribution in [3.05, 3.63) is 16.7 Å². The molecule has 0 bridgehead atoms. The van der Waals surface area contributed by atoms with Crippen LogP contribution in [0.2, 0.25) is 0 Å². The van der Waals surface area contributed by atoms with Crippen molar-refractivity contribution in [2.75, 3.05) is 0 Å². The second kappa shape index (κ2) is 4.18. The summed E-state index contributed by atoms with van der Waals surface area (Å²) in [6, 6.07) is 0. The Kier molecular flexibility index (Phi) is 3.09. The highest BCUT2D eigenvalue weighted by Crippen LogP contribution is 2.43. The van der Waals surface area contributed by atoms with E-state index in [0.717, 1.165) is 0 Å². The molecular weight excluding hydrogens is 236 g/mol. The van der Waals surface area contributed by atoms with E-state index in [1.165, 1.54) is 0 Å². The predicted octanol–water partition coefficient (Wildman–Crippen LogP) is -0.308.